The van der Waals surface area contributed by atoms with Gasteiger partial charge in [0.25, 0.3) is 0 Å². The highest BCUT2D eigenvalue weighted by molar-refractivity contribution is 9.08. The summed E-state index contributed by atoms with van der Waals surface area (Å²) in [4.78, 5) is 14.8. The van der Waals surface area contributed by atoms with E-state index in [0.717, 1.165) is 5.56 Å². The molecular formula is C11H10BrNO2. The van der Waals surface area contributed by atoms with Gasteiger partial charge in [0, 0.05) is 5.33 Å². The predicted octanol–water partition coefficient (Wildman–Crippen LogP) is 3.31. The molecule has 1 aromatic carbocycles. The van der Waals surface area contributed by atoms with Crippen LogP contribution in [-0.2, 0) is 10.1 Å². The smallest absolute Gasteiger partial charge is 0.338 e. The summed E-state index contributed by atoms with van der Waals surface area (Å²) in [5.41, 5.74) is 1.82. The van der Waals surface area contributed by atoms with E-state index in [1.165, 1.54) is 0 Å². The minimum Gasteiger partial charge on any atom is -0.462 e. The number of alkyl halides is 1. The molecule has 0 spiro atoms. The fraction of sp³-hybridized carbons (Fsp3) is 0.273. The third-order valence-electron chi connectivity index (χ3n) is 1.86. The van der Waals surface area contributed by atoms with E-state index in [4.69, 9.17) is 11.3 Å². The number of ether oxygens (including phenoxy) is 1. The Morgan fingerprint density at radius 3 is 2.87 bits per heavy atom. The Hall–Kier alpha value is -1.34. The maximum atomic E-state index is 11.5. The zero-order valence-electron chi connectivity index (χ0n) is 8.29. The first-order chi connectivity index (χ1) is 7.22. The van der Waals surface area contributed by atoms with Crippen molar-refractivity contribution in [2.45, 2.75) is 12.3 Å². The van der Waals surface area contributed by atoms with E-state index < -0.39 is 0 Å². The van der Waals surface area contributed by atoms with Crippen LogP contribution < -0.4 is 0 Å². The van der Waals surface area contributed by atoms with E-state index in [2.05, 4.69) is 20.8 Å². The Labute approximate surface area is 97.0 Å². The summed E-state index contributed by atoms with van der Waals surface area (Å²) in [5.74, 6) is -0.344. The molecule has 0 saturated heterocycles. The van der Waals surface area contributed by atoms with Gasteiger partial charge in [-0.15, -0.1) is 0 Å². The first kappa shape index (κ1) is 11.7. The van der Waals surface area contributed by atoms with Gasteiger partial charge in [-0.2, -0.15) is 0 Å². The van der Waals surface area contributed by atoms with E-state index in [-0.39, 0.29) is 5.97 Å². The molecule has 0 atom stereocenters. The van der Waals surface area contributed by atoms with Crippen molar-refractivity contribution in [2.24, 2.45) is 0 Å². The Kier molecular flexibility index (Phi) is 4.32. The highest BCUT2D eigenvalue weighted by Crippen LogP contribution is 2.21. The van der Waals surface area contributed by atoms with Gasteiger partial charge in [-0.25, -0.2) is 9.64 Å². The van der Waals surface area contributed by atoms with Crippen LogP contribution in [0.15, 0.2) is 18.2 Å². The van der Waals surface area contributed by atoms with Crippen LogP contribution in [-0.4, -0.2) is 12.6 Å². The molecule has 78 valence electrons. The largest absolute Gasteiger partial charge is 0.462 e. The quantitative estimate of drug-likeness (QED) is 0.478. The minimum absolute atomic E-state index is 0.344. The van der Waals surface area contributed by atoms with Gasteiger partial charge in [0.05, 0.1) is 18.7 Å². The molecule has 0 saturated carbocycles. The van der Waals surface area contributed by atoms with E-state index in [1.54, 1.807) is 25.1 Å². The summed E-state index contributed by atoms with van der Waals surface area (Å²) in [6.07, 6.45) is 0. The van der Waals surface area contributed by atoms with E-state index in [9.17, 15) is 4.79 Å². The van der Waals surface area contributed by atoms with Crippen molar-refractivity contribution >= 4 is 27.6 Å². The summed E-state index contributed by atoms with van der Waals surface area (Å²) in [6, 6.07) is 4.93. The fourth-order valence-corrected chi connectivity index (χ4v) is 1.63. The molecule has 1 rings (SSSR count). The maximum Gasteiger partial charge on any atom is 0.338 e. The van der Waals surface area contributed by atoms with Crippen LogP contribution in [0.4, 0.5) is 5.69 Å². The lowest BCUT2D eigenvalue weighted by molar-refractivity contribution is 0.0525. The lowest BCUT2D eigenvalue weighted by Crippen LogP contribution is -2.07. The Bertz CT molecular complexity index is 410. The fourth-order valence-electron chi connectivity index (χ4n) is 1.17. The normalized spacial score (nSPS) is 9.40. The molecule has 4 heteroatoms. The molecular weight excluding hydrogens is 258 g/mol. The molecule has 0 aliphatic rings. The standard InChI is InChI=1S/C11H10BrNO2/c1-3-15-11(14)10-5-4-9(13-2)6-8(10)7-12/h4-6H,3,7H2,1H3. The molecule has 0 radical (unpaired) electrons. The Morgan fingerprint density at radius 1 is 1.60 bits per heavy atom. The van der Waals surface area contributed by atoms with Crippen LogP contribution in [0.2, 0.25) is 0 Å². The number of nitrogens with zero attached hydrogens (tertiary/aromatic N) is 1. The second-order valence-electron chi connectivity index (χ2n) is 2.81. The summed E-state index contributed by atoms with van der Waals surface area (Å²) < 4.78 is 4.91. The molecule has 0 aliphatic carbocycles. The average molecular weight is 268 g/mol. The second-order valence-corrected chi connectivity index (χ2v) is 3.37. The van der Waals surface area contributed by atoms with Crippen molar-refractivity contribution in [1.29, 1.82) is 0 Å². The van der Waals surface area contributed by atoms with Gasteiger partial charge in [-0.3, -0.25) is 0 Å². The number of esters is 1. The number of benzene rings is 1. The molecule has 0 bridgehead atoms. The lowest BCUT2D eigenvalue weighted by Gasteiger charge is -2.06. The molecule has 0 amide bonds. The first-order valence-corrected chi connectivity index (χ1v) is 5.58. The first-order valence-electron chi connectivity index (χ1n) is 4.46. The molecule has 3 nitrogen and oxygen atoms in total. The van der Waals surface area contributed by atoms with Crippen molar-refractivity contribution in [3.63, 3.8) is 0 Å². The predicted molar refractivity (Wildman–Crippen MR) is 61.3 cm³/mol. The van der Waals surface area contributed by atoms with E-state index in [1.807, 2.05) is 0 Å². The van der Waals surface area contributed by atoms with Crippen molar-refractivity contribution in [3.05, 3.63) is 40.7 Å². The average Bonchev–Trinajstić information content (AvgIpc) is 2.28. The summed E-state index contributed by atoms with van der Waals surface area (Å²) in [7, 11) is 0. The van der Waals surface area contributed by atoms with Crippen LogP contribution in [0.1, 0.15) is 22.8 Å². The molecule has 0 fully saturated rings. The number of rotatable bonds is 3. The summed E-state index contributed by atoms with van der Waals surface area (Å²) in [5, 5.41) is 0.532. The van der Waals surface area contributed by atoms with Gasteiger partial charge in [0.2, 0.25) is 0 Å². The Balaban J connectivity index is 3.08. The second kappa shape index (κ2) is 5.52. The zero-order chi connectivity index (χ0) is 11.3. The van der Waals surface area contributed by atoms with Crippen LogP contribution in [0.25, 0.3) is 4.85 Å². The SMILES string of the molecule is [C-]#[N+]c1ccc(C(=O)OCC)c(CBr)c1. The van der Waals surface area contributed by atoms with Crippen LogP contribution in [0.3, 0.4) is 0 Å². The number of hydrogen-bond donors (Lipinski definition) is 0. The molecule has 0 aliphatic heterocycles. The molecule has 1 aromatic rings. The minimum atomic E-state index is -0.344. The Morgan fingerprint density at radius 2 is 2.33 bits per heavy atom. The van der Waals surface area contributed by atoms with Gasteiger partial charge < -0.3 is 4.74 Å². The zero-order valence-corrected chi connectivity index (χ0v) is 9.87. The van der Waals surface area contributed by atoms with Crippen molar-refractivity contribution in [1.82, 2.24) is 0 Å². The van der Waals surface area contributed by atoms with E-state index in [0.29, 0.717) is 23.2 Å². The van der Waals surface area contributed by atoms with Crippen LogP contribution in [0, 0.1) is 6.57 Å². The van der Waals surface area contributed by atoms with Gasteiger partial charge in [-0.1, -0.05) is 34.1 Å². The van der Waals surface area contributed by atoms with Gasteiger partial charge >= 0.3 is 5.97 Å². The van der Waals surface area contributed by atoms with Gasteiger partial charge in [-0.05, 0) is 12.5 Å². The lowest BCUT2D eigenvalue weighted by atomic mass is 10.1. The molecule has 0 aromatic heterocycles. The van der Waals surface area contributed by atoms with Crippen molar-refractivity contribution in [3.8, 4) is 0 Å². The highest BCUT2D eigenvalue weighted by atomic mass is 79.9. The van der Waals surface area contributed by atoms with Crippen molar-refractivity contribution < 1.29 is 9.53 Å². The van der Waals surface area contributed by atoms with Crippen molar-refractivity contribution in [2.75, 3.05) is 6.61 Å². The van der Waals surface area contributed by atoms with Crippen LogP contribution >= 0.6 is 15.9 Å². The summed E-state index contributed by atoms with van der Waals surface area (Å²) in [6.45, 7) is 8.98. The highest BCUT2D eigenvalue weighted by Gasteiger charge is 2.11. The van der Waals surface area contributed by atoms with Crippen LogP contribution in [0.5, 0.6) is 0 Å². The summed E-state index contributed by atoms with van der Waals surface area (Å²) >= 11 is 3.28. The number of halogens is 1. The number of hydrogen-bond acceptors (Lipinski definition) is 2. The number of carbonyl (C=O) groups excluding carboxylic acids is 1. The molecule has 0 unspecified atom stereocenters. The molecule has 15 heavy (non-hydrogen) atoms. The number of carbonyl (C=O) groups is 1. The van der Waals surface area contributed by atoms with Gasteiger partial charge in [0.15, 0.2) is 5.69 Å². The molecule has 0 N–H and O–H groups in total. The van der Waals surface area contributed by atoms with E-state index >= 15 is 0 Å². The topological polar surface area (TPSA) is 30.7 Å². The monoisotopic (exact) mass is 267 g/mol. The van der Waals surface area contributed by atoms with Gasteiger partial charge in [0.1, 0.15) is 0 Å². The third kappa shape index (κ3) is 2.80. The maximum absolute atomic E-state index is 11.5. The molecule has 0 heterocycles. The third-order valence-corrected chi connectivity index (χ3v) is 2.46.